The van der Waals surface area contributed by atoms with Gasteiger partial charge in [0.1, 0.15) is 24.4 Å². The van der Waals surface area contributed by atoms with Gasteiger partial charge in [-0.25, -0.2) is 0 Å². The van der Waals surface area contributed by atoms with Gasteiger partial charge in [0.25, 0.3) is 0 Å². The monoisotopic (exact) mass is 219 g/mol. The smallest absolute Gasteiger partial charge is 0.208 e. The van der Waals surface area contributed by atoms with Crippen molar-refractivity contribution in [3.8, 4) is 6.07 Å². The van der Waals surface area contributed by atoms with E-state index in [1.807, 2.05) is 0 Å². The van der Waals surface area contributed by atoms with Gasteiger partial charge in [-0.05, 0) is 0 Å². The van der Waals surface area contributed by atoms with Crippen LogP contribution in [-0.4, -0.2) is 62.3 Å². The van der Waals surface area contributed by atoms with E-state index in [4.69, 9.17) is 15.1 Å². The van der Waals surface area contributed by atoms with Gasteiger partial charge < -0.3 is 30.3 Å². The molecule has 1 fully saturated rings. The number of hydrogen-bond acceptors (Lipinski definition) is 7. The Bertz CT molecular complexity index is 264. The predicted octanol–water partition coefficient (Wildman–Crippen LogP) is -2.94. The van der Waals surface area contributed by atoms with Crippen LogP contribution >= 0.6 is 0 Å². The number of aliphatic hydroxyl groups excluding tert-OH is 4. The Labute approximate surface area is 85.8 Å². The molecule has 1 heterocycles. The van der Waals surface area contributed by atoms with Crippen molar-refractivity contribution in [3.05, 3.63) is 0 Å². The second-order valence-electron chi connectivity index (χ2n) is 3.44. The maximum absolute atomic E-state index is 9.65. The van der Waals surface area contributed by atoms with Crippen molar-refractivity contribution in [2.45, 2.75) is 36.6 Å². The molecule has 5 atom stereocenters. The zero-order valence-electron chi connectivity index (χ0n) is 7.82. The number of nitrogens with zero attached hydrogens (tertiary/aromatic N) is 1. The highest BCUT2D eigenvalue weighted by molar-refractivity contribution is 4.99. The van der Waals surface area contributed by atoms with Crippen molar-refractivity contribution in [1.29, 1.82) is 5.26 Å². The maximum atomic E-state index is 9.65. The minimum atomic E-state index is -2.26. The molecule has 5 N–H and O–H groups in total. The van der Waals surface area contributed by atoms with Gasteiger partial charge in [0.15, 0.2) is 0 Å². The molecule has 0 saturated carbocycles. The van der Waals surface area contributed by atoms with Gasteiger partial charge in [0, 0.05) is 0 Å². The summed E-state index contributed by atoms with van der Waals surface area (Å²) in [4.78, 5) is 0. The average molecular weight is 219 g/mol. The topological polar surface area (TPSA) is 134 Å². The number of aliphatic hydroxyl groups is 5. The molecule has 7 nitrogen and oxygen atoms in total. The zero-order valence-corrected chi connectivity index (χ0v) is 7.82. The third-order valence-electron chi connectivity index (χ3n) is 2.38. The first-order valence-corrected chi connectivity index (χ1v) is 4.38. The van der Waals surface area contributed by atoms with Crippen molar-refractivity contribution >= 4 is 0 Å². The van der Waals surface area contributed by atoms with Crippen LogP contribution in [0.1, 0.15) is 6.42 Å². The summed E-state index contributed by atoms with van der Waals surface area (Å²) in [6.45, 7) is -0.640. The largest absolute Gasteiger partial charge is 0.394 e. The molecular weight excluding hydrogens is 206 g/mol. The van der Waals surface area contributed by atoms with Gasteiger partial charge in [-0.15, -0.1) is 0 Å². The summed E-state index contributed by atoms with van der Waals surface area (Å²) in [6, 6.07) is 1.58. The number of rotatable bonds is 2. The number of hydrogen-bond donors (Lipinski definition) is 5. The fourth-order valence-electron chi connectivity index (χ4n) is 1.48. The van der Waals surface area contributed by atoms with Gasteiger partial charge in [0.05, 0.1) is 19.1 Å². The van der Waals surface area contributed by atoms with Crippen molar-refractivity contribution < 1.29 is 30.3 Å². The second-order valence-corrected chi connectivity index (χ2v) is 3.44. The normalized spacial score (nSPS) is 46.1. The van der Waals surface area contributed by atoms with E-state index in [-0.39, 0.29) is 0 Å². The van der Waals surface area contributed by atoms with Gasteiger partial charge in [-0.3, -0.25) is 0 Å². The molecule has 0 radical (unpaired) electrons. The lowest BCUT2D eigenvalue weighted by Gasteiger charge is -2.44. The van der Waals surface area contributed by atoms with E-state index in [0.29, 0.717) is 0 Å². The number of nitriles is 1. The van der Waals surface area contributed by atoms with Gasteiger partial charge >= 0.3 is 0 Å². The first-order valence-electron chi connectivity index (χ1n) is 4.38. The lowest BCUT2D eigenvalue weighted by Crippen LogP contribution is -2.65. The summed E-state index contributed by atoms with van der Waals surface area (Å²) >= 11 is 0. The fourth-order valence-corrected chi connectivity index (χ4v) is 1.48. The summed E-state index contributed by atoms with van der Waals surface area (Å²) in [7, 11) is 0. The van der Waals surface area contributed by atoms with Crippen LogP contribution in [0.3, 0.4) is 0 Å². The van der Waals surface area contributed by atoms with Crippen molar-refractivity contribution in [3.63, 3.8) is 0 Å². The second kappa shape index (κ2) is 4.40. The third kappa shape index (κ3) is 2.10. The Morgan fingerprint density at radius 1 is 1.27 bits per heavy atom. The van der Waals surface area contributed by atoms with E-state index in [0.717, 1.165) is 0 Å². The molecular formula is C8H13NO6. The van der Waals surface area contributed by atoms with Crippen LogP contribution in [0.25, 0.3) is 0 Å². The molecule has 86 valence electrons. The van der Waals surface area contributed by atoms with Crippen LogP contribution in [-0.2, 0) is 4.74 Å². The lowest BCUT2D eigenvalue weighted by molar-refractivity contribution is -0.346. The van der Waals surface area contributed by atoms with Crippen molar-refractivity contribution in [1.82, 2.24) is 0 Å². The van der Waals surface area contributed by atoms with E-state index in [9.17, 15) is 20.4 Å². The van der Waals surface area contributed by atoms with Gasteiger partial charge in [-0.2, -0.15) is 5.26 Å². The highest BCUT2D eigenvalue weighted by atomic mass is 16.7. The van der Waals surface area contributed by atoms with Crippen LogP contribution < -0.4 is 0 Å². The molecule has 0 aromatic rings. The first-order chi connectivity index (χ1) is 6.96. The Morgan fingerprint density at radius 3 is 2.33 bits per heavy atom. The van der Waals surface area contributed by atoms with E-state index in [1.54, 1.807) is 6.07 Å². The van der Waals surface area contributed by atoms with Crippen LogP contribution in [0.15, 0.2) is 0 Å². The molecule has 0 unspecified atom stereocenters. The maximum Gasteiger partial charge on any atom is 0.208 e. The summed E-state index contributed by atoms with van der Waals surface area (Å²) in [5, 5.41) is 54.9. The summed E-state index contributed by atoms with van der Waals surface area (Å²) < 4.78 is 4.78. The fraction of sp³-hybridized carbons (Fsp3) is 0.875. The average Bonchev–Trinajstić information content (AvgIpc) is 2.21. The molecule has 1 saturated heterocycles. The van der Waals surface area contributed by atoms with E-state index in [1.165, 1.54) is 0 Å². The molecule has 15 heavy (non-hydrogen) atoms. The third-order valence-corrected chi connectivity index (χ3v) is 2.38. The lowest BCUT2D eigenvalue weighted by atomic mass is 9.91. The molecule has 1 aliphatic rings. The van der Waals surface area contributed by atoms with Gasteiger partial charge in [0.2, 0.25) is 5.79 Å². The quantitative estimate of drug-likeness (QED) is 0.335. The minimum Gasteiger partial charge on any atom is -0.394 e. The Kier molecular flexibility index (Phi) is 3.62. The molecule has 0 bridgehead atoms. The molecule has 0 aromatic carbocycles. The Balaban J connectivity index is 2.88. The molecule has 0 spiro atoms. The summed E-state index contributed by atoms with van der Waals surface area (Å²) in [5.41, 5.74) is 0. The summed E-state index contributed by atoms with van der Waals surface area (Å²) in [6.07, 6.45) is -6.79. The predicted molar refractivity (Wildman–Crippen MR) is 45.2 cm³/mol. The van der Waals surface area contributed by atoms with Crippen LogP contribution in [0.5, 0.6) is 0 Å². The first kappa shape index (κ1) is 12.3. The Hall–Kier alpha value is -0.750. The van der Waals surface area contributed by atoms with Crippen molar-refractivity contribution in [2.75, 3.05) is 6.61 Å². The van der Waals surface area contributed by atoms with E-state index >= 15 is 0 Å². The molecule has 0 aliphatic carbocycles. The van der Waals surface area contributed by atoms with E-state index < -0.39 is 43.2 Å². The minimum absolute atomic E-state index is 0.575. The Morgan fingerprint density at radius 2 is 1.87 bits per heavy atom. The molecule has 0 aromatic heterocycles. The summed E-state index contributed by atoms with van der Waals surface area (Å²) in [5.74, 6) is -2.26. The molecule has 1 rings (SSSR count). The van der Waals surface area contributed by atoms with E-state index in [2.05, 4.69) is 0 Å². The SMILES string of the molecule is N#CC[C@@]1(O)O[C@@H](CO)[C@H](O)[C@@H](O)[C@@H]1O. The standard InChI is InChI=1S/C8H13NO6/c9-2-1-8(14)7(13)6(12)5(11)4(3-10)15-8/h4-7,10-14H,1,3H2/t4-,5-,6+,7-,8+/m0/s1. The zero-order chi connectivity index (χ0) is 11.6. The molecule has 0 amide bonds. The highest BCUT2D eigenvalue weighted by Crippen LogP contribution is 2.30. The van der Waals surface area contributed by atoms with Crippen LogP contribution in [0.2, 0.25) is 0 Å². The molecule has 1 aliphatic heterocycles. The van der Waals surface area contributed by atoms with Gasteiger partial charge in [-0.1, -0.05) is 0 Å². The number of ether oxygens (including phenoxy) is 1. The van der Waals surface area contributed by atoms with Crippen molar-refractivity contribution in [2.24, 2.45) is 0 Å². The van der Waals surface area contributed by atoms with Crippen LogP contribution in [0, 0.1) is 11.3 Å². The van der Waals surface area contributed by atoms with Crippen LogP contribution in [0.4, 0.5) is 0 Å². The highest BCUT2D eigenvalue weighted by Gasteiger charge is 2.52. The molecule has 7 heteroatoms.